The van der Waals surface area contributed by atoms with E-state index in [9.17, 15) is 5.11 Å². The molecule has 1 N–H and O–H groups in total. The van der Waals surface area contributed by atoms with Crippen molar-refractivity contribution >= 4 is 11.8 Å². The molecule has 5 nitrogen and oxygen atoms in total. The Bertz CT molecular complexity index is 514. The lowest BCUT2D eigenvalue weighted by molar-refractivity contribution is 0.197. The van der Waals surface area contributed by atoms with Crippen LogP contribution < -0.4 is 0 Å². The van der Waals surface area contributed by atoms with E-state index in [0.29, 0.717) is 18.0 Å². The van der Waals surface area contributed by atoms with Gasteiger partial charge in [-0.25, -0.2) is 0 Å². The molecule has 6 heteroatoms. The molecule has 2 rings (SSSR count). The number of rotatable bonds is 5. The van der Waals surface area contributed by atoms with Crippen LogP contribution in [0.5, 0.6) is 0 Å². The topological polar surface area (TPSA) is 63.8 Å². The van der Waals surface area contributed by atoms with E-state index in [2.05, 4.69) is 34.5 Å². The average Bonchev–Trinajstić information content (AvgIpc) is 2.74. The summed E-state index contributed by atoms with van der Waals surface area (Å²) in [6, 6.07) is 8.15. The van der Waals surface area contributed by atoms with Crippen molar-refractivity contribution in [1.82, 2.24) is 20.2 Å². The summed E-state index contributed by atoms with van der Waals surface area (Å²) < 4.78 is 0. The molecule has 2 aromatic rings. The van der Waals surface area contributed by atoms with Crippen molar-refractivity contribution in [1.29, 1.82) is 0 Å². The number of tetrazole rings is 1. The van der Waals surface area contributed by atoms with Crippen LogP contribution >= 0.6 is 11.8 Å². The Morgan fingerprint density at radius 2 is 2.17 bits per heavy atom. The number of benzene rings is 1. The lowest BCUT2D eigenvalue weighted by Gasteiger charge is -2.09. The Balaban J connectivity index is 1.85. The van der Waals surface area contributed by atoms with E-state index in [4.69, 9.17) is 0 Å². The molecule has 0 radical (unpaired) electrons. The van der Waals surface area contributed by atoms with Gasteiger partial charge in [-0.2, -0.15) is 4.80 Å². The molecule has 1 aromatic carbocycles. The highest BCUT2D eigenvalue weighted by Gasteiger charge is 2.10. The second-order valence-electron chi connectivity index (χ2n) is 4.13. The zero-order valence-electron chi connectivity index (χ0n) is 10.4. The molecule has 0 amide bonds. The molecule has 18 heavy (non-hydrogen) atoms. The molecule has 0 spiro atoms. The third kappa shape index (κ3) is 3.54. The molecule has 0 fully saturated rings. The van der Waals surface area contributed by atoms with Gasteiger partial charge in [-0.05, 0) is 23.8 Å². The van der Waals surface area contributed by atoms with Crippen molar-refractivity contribution in [3.05, 3.63) is 35.7 Å². The maximum Gasteiger partial charge on any atom is 0.177 e. The number of aryl methyl sites for hydroxylation is 2. The fourth-order valence-corrected chi connectivity index (χ4v) is 2.54. The summed E-state index contributed by atoms with van der Waals surface area (Å²) >= 11 is 1.65. The van der Waals surface area contributed by atoms with Crippen LogP contribution in [0.4, 0.5) is 0 Å². The third-order valence-electron chi connectivity index (χ3n) is 2.49. The van der Waals surface area contributed by atoms with Gasteiger partial charge in [-0.15, -0.1) is 22.0 Å². The Morgan fingerprint density at radius 1 is 1.39 bits per heavy atom. The Morgan fingerprint density at radius 3 is 2.83 bits per heavy atom. The van der Waals surface area contributed by atoms with Crippen molar-refractivity contribution in [2.24, 2.45) is 7.05 Å². The van der Waals surface area contributed by atoms with Gasteiger partial charge in [0.15, 0.2) is 5.82 Å². The van der Waals surface area contributed by atoms with Crippen LogP contribution in [-0.4, -0.2) is 37.2 Å². The van der Waals surface area contributed by atoms with Crippen LogP contribution in [0.3, 0.4) is 0 Å². The maximum atomic E-state index is 9.93. The van der Waals surface area contributed by atoms with Crippen molar-refractivity contribution in [3.8, 4) is 0 Å². The average molecular weight is 264 g/mol. The summed E-state index contributed by atoms with van der Waals surface area (Å²) in [4.78, 5) is 2.60. The van der Waals surface area contributed by atoms with Crippen LogP contribution in [0.1, 0.15) is 11.4 Å². The third-order valence-corrected chi connectivity index (χ3v) is 3.81. The lowest BCUT2D eigenvalue weighted by atomic mass is 10.2. The Labute approximate surface area is 110 Å². The highest BCUT2D eigenvalue weighted by Crippen LogP contribution is 2.22. The number of hydrogen-bond acceptors (Lipinski definition) is 5. The standard InChI is InChI=1S/C12H16N4OS/c1-9-5-3-4-6-11(9)18-8-10(17)7-12-13-15-16(2)14-12/h3-6,10,17H,7-8H2,1-2H3. The zero-order valence-corrected chi connectivity index (χ0v) is 11.3. The quantitative estimate of drug-likeness (QED) is 0.823. The number of thioether (sulfide) groups is 1. The fraction of sp³-hybridized carbons (Fsp3) is 0.417. The minimum atomic E-state index is -0.459. The highest BCUT2D eigenvalue weighted by molar-refractivity contribution is 7.99. The second-order valence-corrected chi connectivity index (χ2v) is 5.19. The number of nitrogens with zero attached hydrogens (tertiary/aromatic N) is 4. The van der Waals surface area contributed by atoms with Crippen LogP contribution in [0.2, 0.25) is 0 Å². The molecule has 1 aromatic heterocycles. The number of hydrogen-bond donors (Lipinski definition) is 1. The molecule has 0 bridgehead atoms. The minimum absolute atomic E-state index is 0.437. The van der Waals surface area contributed by atoms with E-state index < -0.39 is 6.10 Å². The predicted molar refractivity (Wildman–Crippen MR) is 70.4 cm³/mol. The van der Waals surface area contributed by atoms with E-state index in [-0.39, 0.29) is 0 Å². The maximum absolute atomic E-state index is 9.93. The zero-order chi connectivity index (χ0) is 13.0. The van der Waals surface area contributed by atoms with Crippen molar-refractivity contribution in [2.45, 2.75) is 24.3 Å². The molecule has 0 aliphatic carbocycles. The minimum Gasteiger partial charge on any atom is -0.392 e. The summed E-state index contributed by atoms with van der Waals surface area (Å²) in [6.45, 7) is 2.07. The molecule has 0 saturated heterocycles. The van der Waals surface area contributed by atoms with Gasteiger partial charge in [0.2, 0.25) is 0 Å². The molecule has 0 aliphatic heterocycles. The van der Waals surface area contributed by atoms with Gasteiger partial charge in [0.25, 0.3) is 0 Å². The highest BCUT2D eigenvalue weighted by atomic mass is 32.2. The molecular weight excluding hydrogens is 248 g/mol. The molecule has 0 aliphatic rings. The molecule has 0 saturated carbocycles. The molecule has 1 unspecified atom stereocenters. The SMILES string of the molecule is Cc1ccccc1SCC(O)Cc1nnn(C)n1. The van der Waals surface area contributed by atoms with Crippen LogP contribution in [0.15, 0.2) is 29.2 Å². The lowest BCUT2D eigenvalue weighted by Crippen LogP contribution is -2.14. The summed E-state index contributed by atoms with van der Waals surface area (Å²) in [5.74, 6) is 1.21. The first-order chi connectivity index (χ1) is 8.65. The van der Waals surface area contributed by atoms with Gasteiger partial charge in [-0.1, -0.05) is 18.2 Å². The first-order valence-corrected chi connectivity index (χ1v) is 6.73. The molecule has 1 atom stereocenters. The summed E-state index contributed by atoms with van der Waals surface area (Å²) in [7, 11) is 1.71. The predicted octanol–water partition coefficient (Wildman–Crippen LogP) is 1.21. The van der Waals surface area contributed by atoms with Crippen LogP contribution in [0, 0.1) is 6.92 Å². The normalized spacial score (nSPS) is 12.6. The van der Waals surface area contributed by atoms with Gasteiger partial charge in [-0.3, -0.25) is 0 Å². The van der Waals surface area contributed by atoms with Crippen LogP contribution in [0.25, 0.3) is 0 Å². The summed E-state index contributed by atoms with van der Waals surface area (Å²) in [5.41, 5.74) is 1.23. The van der Waals surface area contributed by atoms with Crippen molar-refractivity contribution in [3.63, 3.8) is 0 Å². The molecular formula is C12H16N4OS. The molecule has 96 valence electrons. The fourth-order valence-electron chi connectivity index (χ4n) is 1.58. The van der Waals surface area contributed by atoms with Crippen LogP contribution in [-0.2, 0) is 13.5 Å². The van der Waals surface area contributed by atoms with E-state index in [1.54, 1.807) is 18.8 Å². The number of aromatic nitrogens is 4. The molecule has 1 heterocycles. The van der Waals surface area contributed by atoms with E-state index in [1.807, 2.05) is 12.1 Å². The Hall–Kier alpha value is -1.40. The second kappa shape index (κ2) is 5.97. The van der Waals surface area contributed by atoms with E-state index in [1.165, 1.54) is 15.3 Å². The smallest absolute Gasteiger partial charge is 0.177 e. The van der Waals surface area contributed by atoms with Gasteiger partial charge in [0, 0.05) is 17.1 Å². The largest absolute Gasteiger partial charge is 0.392 e. The van der Waals surface area contributed by atoms with E-state index in [0.717, 1.165) is 0 Å². The van der Waals surface area contributed by atoms with E-state index >= 15 is 0 Å². The number of aliphatic hydroxyl groups excluding tert-OH is 1. The Kier molecular flexibility index (Phi) is 4.33. The first-order valence-electron chi connectivity index (χ1n) is 5.74. The first kappa shape index (κ1) is 13.0. The van der Waals surface area contributed by atoms with Crippen molar-refractivity contribution < 1.29 is 5.11 Å². The number of aliphatic hydroxyl groups is 1. The van der Waals surface area contributed by atoms with Crippen molar-refractivity contribution in [2.75, 3.05) is 5.75 Å². The summed E-state index contributed by atoms with van der Waals surface area (Å²) in [6.07, 6.45) is -0.0222. The van der Waals surface area contributed by atoms with Gasteiger partial charge in [0.05, 0.1) is 13.2 Å². The summed E-state index contributed by atoms with van der Waals surface area (Å²) in [5, 5.41) is 21.6. The monoisotopic (exact) mass is 264 g/mol. The van der Waals surface area contributed by atoms with Gasteiger partial charge >= 0.3 is 0 Å². The van der Waals surface area contributed by atoms with Gasteiger partial charge in [0.1, 0.15) is 0 Å². The van der Waals surface area contributed by atoms with Gasteiger partial charge < -0.3 is 5.11 Å².